The SMILES string of the molecule is CC(C)C[C@H](NC(=O)OCc1ccccc1)C(=O)NC(CC1CCNC1=O)C(O)S(=O)(=O)O. The van der Waals surface area contributed by atoms with E-state index in [9.17, 15) is 32.5 Å². The van der Waals surface area contributed by atoms with Gasteiger partial charge in [-0.05, 0) is 30.7 Å². The van der Waals surface area contributed by atoms with Gasteiger partial charge in [-0.1, -0.05) is 44.2 Å². The van der Waals surface area contributed by atoms with Gasteiger partial charge in [-0.25, -0.2) is 4.79 Å². The van der Waals surface area contributed by atoms with Gasteiger partial charge in [-0.15, -0.1) is 0 Å². The van der Waals surface area contributed by atoms with Crippen LogP contribution in [-0.4, -0.2) is 60.0 Å². The van der Waals surface area contributed by atoms with Gasteiger partial charge in [0.1, 0.15) is 12.6 Å². The van der Waals surface area contributed by atoms with Gasteiger partial charge in [0.2, 0.25) is 17.3 Å². The van der Waals surface area contributed by atoms with Gasteiger partial charge in [0.05, 0.1) is 6.04 Å². The van der Waals surface area contributed by atoms with E-state index < -0.39 is 45.6 Å². The first-order valence-electron chi connectivity index (χ1n) is 10.7. The van der Waals surface area contributed by atoms with E-state index >= 15 is 0 Å². The molecule has 3 amide bonds. The van der Waals surface area contributed by atoms with E-state index in [2.05, 4.69) is 16.0 Å². The van der Waals surface area contributed by atoms with Crippen molar-refractivity contribution in [3.63, 3.8) is 0 Å². The number of hydrogen-bond donors (Lipinski definition) is 5. The minimum absolute atomic E-state index is 0.0103. The molecular weight excluding hydrogens is 454 g/mol. The lowest BCUT2D eigenvalue weighted by Gasteiger charge is -2.27. The van der Waals surface area contributed by atoms with Crippen molar-refractivity contribution < 1.29 is 37.2 Å². The Bertz CT molecular complexity index is 923. The molecule has 0 bridgehead atoms. The summed E-state index contributed by atoms with van der Waals surface area (Å²) in [6, 6.07) is 6.38. The third-order valence-electron chi connectivity index (χ3n) is 5.21. The van der Waals surface area contributed by atoms with Crippen molar-refractivity contribution in [2.75, 3.05) is 6.54 Å². The number of ether oxygens (including phenoxy) is 1. The molecule has 1 aliphatic rings. The number of nitrogens with one attached hydrogen (secondary N) is 3. The Balaban J connectivity index is 2.08. The van der Waals surface area contributed by atoms with Crippen LogP contribution >= 0.6 is 0 Å². The summed E-state index contributed by atoms with van der Waals surface area (Å²) < 4.78 is 37.5. The molecule has 1 aromatic carbocycles. The van der Waals surface area contributed by atoms with Crippen LogP contribution < -0.4 is 16.0 Å². The Hall–Kier alpha value is -2.70. The Morgan fingerprint density at radius 2 is 1.88 bits per heavy atom. The van der Waals surface area contributed by atoms with Gasteiger partial charge in [-0.3, -0.25) is 14.1 Å². The van der Waals surface area contributed by atoms with Crippen LogP contribution in [0.2, 0.25) is 0 Å². The molecule has 0 radical (unpaired) electrons. The lowest BCUT2D eigenvalue weighted by molar-refractivity contribution is -0.126. The van der Waals surface area contributed by atoms with Gasteiger partial charge in [0.25, 0.3) is 10.1 Å². The maximum absolute atomic E-state index is 12.9. The highest BCUT2D eigenvalue weighted by Gasteiger charge is 2.37. The van der Waals surface area contributed by atoms with E-state index in [-0.39, 0.29) is 31.3 Å². The first-order valence-corrected chi connectivity index (χ1v) is 12.2. The monoisotopic (exact) mass is 485 g/mol. The number of aliphatic hydroxyl groups is 1. The largest absolute Gasteiger partial charge is 0.445 e. The van der Waals surface area contributed by atoms with Crippen LogP contribution in [0.25, 0.3) is 0 Å². The number of alkyl carbamates (subject to hydrolysis) is 1. The first kappa shape index (κ1) is 26.6. The fraction of sp³-hybridized carbons (Fsp3) is 0.571. The smallest absolute Gasteiger partial charge is 0.408 e. The van der Waals surface area contributed by atoms with E-state index in [1.165, 1.54) is 0 Å². The van der Waals surface area contributed by atoms with Crippen molar-refractivity contribution >= 4 is 28.0 Å². The van der Waals surface area contributed by atoms with Crippen LogP contribution in [0, 0.1) is 11.8 Å². The van der Waals surface area contributed by atoms with Crippen LogP contribution in [0.4, 0.5) is 4.79 Å². The molecular formula is C21H31N3O8S. The Morgan fingerprint density at radius 3 is 2.42 bits per heavy atom. The van der Waals surface area contributed by atoms with E-state index in [1.807, 2.05) is 19.9 Å². The molecule has 184 valence electrons. The van der Waals surface area contributed by atoms with Crippen LogP contribution in [0.3, 0.4) is 0 Å². The first-order chi connectivity index (χ1) is 15.5. The number of benzene rings is 1. The molecule has 1 heterocycles. The molecule has 1 aromatic rings. The molecule has 0 aliphatic carbocycles. The summed E-state index contributed by atoms with van der Waals surface area (Å²) in [6.07, 6.45) is -0.458. The zero-order chi connectivity index (χ0) is 24.6. The maximum atomic E-state index is 12.9. The summed E-state index contributed by atoms with van der Waals surface area (Å²) in [4.78, 5) is 37.1. The van der Waals surface area contributed by atoms with Gasteiger partial charge >= 0.3 is 6.09 Å². The Kier molecular flexibility index (Phi) is 9.62. The minimum atomic E-state index is -4.92. The summed E-state index contributed by atoms with van der Waals surface area (Å²) in [5.41, 5.74) is -1.58. The predicted molar refractivity (Wildman–Crippen MR) is 118 cm³/mol. The Labute approximate surface area is 193 Å². The minimum Gasteiger partial charge on any atom is -0.445 e. The second-order valence-electron chi connectivity index (χ2n) is 8.42. The van der Waals surface area contributed by atoms with E-state index in [0.29, 0.717) is 13.0 Å². The molecule has 5 N–H and O–H groups in total. The van der Waals surface area contributed by atoms with Crippen LogP contribution in [0.15, 0.2) is 30.3 Å². The lowest BCUT2D eigenvalue weighted by atomic mass is 9.97. The van der Waals surface area contributed by atoms with E-state index in [4.69, 9.17) is 4.74 Å². The normalized spacial score (nSPS) is 18.8. The number of rotatable bonds is 11. The number of carbonyl (C=O) groups excluding carboxylic acids is 3. The standard InChI is InChI=1S/C21H31N3O8S/c1-13(2)10-16(24-21(28)32-12-14-6-4-3-5-7-14)19(26)23-17(20(27)33(29,30)31)11-15-8-9-22-18(15)25/h3-7,13,15-17,20,27H,8-12H2,1-2H3,(H,22,25)(H,23,26)(H,24,28)(H,29,30,31)/t15?,16-,17?,20?/m0/s1. The summed E-state index contributed by atoms with van der Waals surface area (Å²) in [5, 5.41) is 17.5. The third kappa shape index (κ3) is 8.63. The van der Waals surface area contributed by atoms with Gasteiger partial charge in [0.15, 0.2) is 0 Å². The zero-order valence-corrected chi connectivity index (χ0v) is 19.4. The summed E-state index contributed by atoms with van der Waals surface area (Å²) in [7, 11) is -4.92. The van der Waals surface area contributed by atoms with E-state index in [0.717, 1.165) is 5.56 Å². The maximum Gasteiger partial charge on any atom is 0.408 e. The molecule has 3 unspecified atom stereocenters. The van der Waals surface area contributed by atoms with Crippen molar-refractivity contribution in [1.82, 2.24) is 16.0 Å². The van der Waals surface area contributed by atoms with Crippen LogP contribution in [0.1, 0.15) is 38.7 Å². The fourth-order valence-corrected chi connectivity index (χ4v) is 4.12. The van der Waals surface area contributed by atoms with Crippen molar-refractivity contribution in [2.45, 2.75) is 57.2 Å². The van der Waals surface area contributed by atoms with Crippen molar-refractivity contribution in [3.8, 4) is 0 Å². The highest BCUT2D eigenvalue weighted by Crippen LogP contribution is 2.20. The highest BCUT2D eigenvalue weighted by atomic mass is 32.2. The topological polar surface area (TPSA) is 171 Å². The highest BCUT2D eigenvalue weighted by molar-refractivity contribution is 7.86. The molecule has 4 atom stereocenters. The van der Waals surface area contributed by atoms with Gasteiger partial charge in [-0.2, -0.15) is 8.42 Å². The molecule has 1 saturated heterocycles. The summed E-state index contributed by atoms with van der Waals surface area (Å²) in [5.74, 6) is -1.77. The molecule has 0 saturated carbocycles. The lowest BCUT2D eigenvalue weighted by Crippen LogP contribution is -2.54. The Morgan fingerprint density at radius 1 is 1.21 bits per heavy atom. The van der Waals surface area contributed by atoms with Gasteiger partial charge in [0, 0.05) is 12.5 Å². The van der Waals surface area contributed by atoms with Crippen LogP contribution in [-0.2, 0) is 31.1 Å². The number of aliphatic hydroxyl groups excluding tert-OH is 1. The molecule has 0 spiro atoms. The van der Waals surface area contributed by atoms with E-state index in [1.54, 1.807) is 24.3 Å². The molecule has 2 rings (SSSR count). The quantitative estimate of drug-likeness (QED) is 0.283. The third-order valence-corrected chi connectivity index (χ3v) is 6.15. The molecule has 1 fully saturated rings. The molecule has 1 aliphatic heterocycles. The second-order valence-corrected chi connectivity index (χ2v) is 9.93. The molecule has 11 nitrogen and oxygen atoms in total. The molecule has 12 heteroatoms. The average Bonchev–Trinajstić information content (AvgIpc) is 3.14. The summed E-state index contributed by atoms with van der Waals surface area (Å²) >= 11 is 0. The number of carbonyl (C=O) groups is 3. The van der Waals surface area contributed by atoms with Crippen molar-refractivity contribution in [2.24, 2.45) is 11.8 Å². The molecule has 33 heavy (non-hydrogen) atoms. The zero-order valence-electron chi connectivity index (χ0n) is 18.6. The fourth-order valence-electron chi connectivity index (χ4n) is 3.52. The van der Waals surface area contributed by atoms with Crippen molar-refractivity contribution in [3.05, 3.63) is 35.9 Å². The predicted octanol–water partition coefficient (Wildman–Crippen LogP) is 0.545. The molecule has 0 aromatic heterocycles. The van der Waals surface area contributed by atoms with Crippen molar-refractivity contribution in [1.29, 1.82) is 0 Å². The second kappa shape index (κ2) is 12.0. The number of hydrogen-bond acceptors (Lipinski definition) is 7. The average molecular weight is 486 g/mol. The number of amides is 3. The summed E-state index contributed by atoms with van der Waals surface area (Å²) in [6.45, 7) is 4.02. The van der Waals surface area contributed by atoms with Crippen LogP contribution in [0.5, 0.6) is 0 Å². The van der Waals surface area contributed by atoms with Gasteiger partial charge < -0.3 is 25.8 Å².